The van der Waals surface area contributed by atoms with Crippen LogP contribution in [0.5, 0.6) is 0 Å². The van der Waals surface area contributed by atoms with E-state index in [2.05, 4.69) is 16.0 Å². The molecule has 0 spiro atoms. The van der Waals surface area contributed by atoms with Crippen LogP contribution in [0.2, 0.25) is 0 Å². The summed E-state index contributed by atoms with van der Waals surface area (Å²) in [5.41, 5.74) is 0.509. The number of hydrogen-bond acceptors (Lipinski definition) is 4. The van der Waals surface area contributed by atoms with Crippen LogP contribution in [-0.4, -0.2) is 35.7 Å². The Morgan fingerprint density at radius 3 is 2.58 bits per heavy atom. The van der Waals surface area contributed by atoms with Gasteiger partial charge in [0, 0.05) is 13.0 Å². The topological polar surface area (TPSA) is 104 Å². The highest BCUT2D eigenvalue weighted by atomic mass is 16.2. The van der Waals surface area contributed by atoms with Gasteiger partial charge in [-0.05, 0) is 18.9 Å². The summed E-state index contributed by atoms with van der Waals surface area (Å²) in [4.78, 5) is 45.8. The number of carbonyl (C=O) groups excluding carboxylic acids is 4. The van der Waals surface area contributed by atoms with E-state index in [-0.39, 0.29) is 11.7 Å². The van der Waals surface area contributed by atoms with E-state index in [1.165, 1.54) is 13.8 Å². The van der Waals surface area contributed by atoms with Gasteiger partial charge < -0.3 is 10.6 Å². The van der Waals surface area contributed by atoms with E-state index in [0.717, 1.165) is 0 Å². The molecule has 2 aliphatic rings. The number of fused-ring (bicyclic) bond motifs is 1. The average molecular weight is 265 g/mol. The highest BCUT2D eigenvalue weighted by Crippen LogP contribution is 2.27. The number of imide groups is 1. The van der Waals surface area contributed by atoms with Crippen molar-refractivity contribution in [2.45, 2.75) is 32.4 Å². The van der Waals surface area contributed by atoms with Gasteiger partial charge in [0.1, 0.15) is 0 Å². The largest absolute Gasteiger partial charge is 0.352 e. The second-order valence-corrected chi connectivity index (χ2v) is 4.77. The normalized spacial score (nSPS) is 29.6. The quantitative estimate of drug-likeness (QED) is 0.610. The average Bonchev–Trinajstić information content (AvgIpc) is 2.26. The van der Waals surface area contributed by atoms with Crippen LogP contribution < -0.4 is 16.0 Å². The van der Waals surface area contributed by atoms with Crippen LogP contribution in [0.25, 0.3) is 0 Å². The molecule has 4 amide bonds. The van der Waals surface area contributed by atoms with Crippen LogP contribution in [0.3, 0.4) is 0 Å². The predicted molar refractivity (Wildman–Crippen MR) is 64.9 cm³/mol. The molecule has 19 heavy (non-hydrogen) atoms. The van der Waals surface area contributed by atoms with Crippen molar-refractivity contribution < 1.29 is 19.2 Å². The predicted octanol–water partition coefficient (Wildman–Crippen LogP) is -0.766. The van der Waals surface area contributed by atoms with E-state index >= 15 is 0 Å². The molecule has 0 radical (unpaired) electrons. The molecule has 0 saturated carbocycles. The maximum absolute atomic E-state index is 11.9. The van der Waals surface area contributed by atoms with Crippen molar-refractivity contribution >= 4 is 23.6 Å². The molecule has 0 aromatic rings. The summed E-state index contributed by atoms with van der Waals surface area (Å²) in [6.45, 7) is 2.77. The fourth-order valence-corrected chi connectivity index (χ4v) is 2.53. The number of urea groups is 1. The molecule has 0 bridgehead atoms. The highest BCUT2D eigenvalue weighted by Gasteiger charge is 2.43. The summed E-state index contributed by atoms with van der Waals surface area (Å²) < 4.78 is 0. The van der Waals surface area contributed by atoms with E-state index in [0.29, 0.717) is 12.0 Å². The molecule has 1 aliphatic carbocycles. The zero-order valence-corrected chi connectivity index (χ0v) is 10.6. The van der Waals surface area contributed by atoms with Crippen molar-refractivity contribution in [3.05, 3.63) is 11.6 Å². The summed E-state index contributed by atoms with van der Waals surface area (Å²) in [6.07, 6.45) is 1.89. The fraction of sp³-hybridized carbons (Fsp3) is 0.500. The van der Waals surface area contributed by atoms with Crippen LogP contribution in [0, 0.1) is 5.92 Å². The van der Waals surface area contributed by atoms with Gasteiger partial charge in [-0.1, -0.05) is 6.08 Å². The second-order valence-electron chi connectivity index (χ2n) is 4.77. The van der Waals surface area contributed by atoms with Gasteiger partial charge in [-0.2, -0.15) is 0 Å². The summed E-state index contributed by atoms with van der Waals surface area (Å²) in [7, 11) is 0. The number of nitrogens with one attached hydrogen (secondary N) is 3. The summed E-state index contributed by atoms with van der Waals surface area (Å²) >= 11 is 0. The SMILES string of the molecule is CC(=O)NC1CC(C(C)=O)=CC2NC(=O)NC(=O)C21. The molecule has 102 valence electrons. The molecular weight excluding hydrogens is 250 g/mol. The first-order valence-corrected chi connectivity index (χ1v) is 5.98. The third-order valence-electron chi connectivity index (χ3n) is 3.32. The summed E-state index contributed by atoms with van der Waals surface area (Å²) in [6, 6.07) is -1.65. The van der Waals surface area contributed by atoms with Gasteiger partial charge in [0.25, 0.3) is 0 Å². The molecule has 2 rings (SSSR count). The molecule has 0 aromatic heterocycles. The zero-order valence-electron chi connectivity index (χ0n) is 10.6. The van der Waals surface area contributed by atoms with Gasteiger partial charge in [0.05, 0.1) is 12.0 Å². The molecule has 7 nitrogen and oxygen atoms in total. The standard InChI is InChI=1S/C12H15N3O4/c1-5(16)7-3-8(13-6(2)17)10-9(4-7)14-12(19)15-11(10)18/h4,8-10H,3H2,1-2H3,(H,13,17)(H2,14,15,18,19). The Morgan fingerprint density at radius 1 is 1.32 bits per heavy atom. The Hall–Kier alpha value is -2.18. The molecule has 1 fully saturated rings. The Balaban J connectivity index is 2.33. The molecule has 3 atom stereocenters. The van der Waals surface area contributed by atoms with Crippen LogP contribution in [0.1, 0.15) is 20.3 Å². The number of amides is 4. The van der Waals surface area contributed by atoms with Crippen molar-refractivity contribution in [3.8, 4) is 0 Å². The second kappa shape index (κ2) is 4.83. The molecule has 3 N–H and O–H groups in total. The van der Waals surface area contributed by atoms with Gasteiger partial charge in [0.2, 0.25) is 11.8 Å². The maximum atomic E-state index is 11.9. The summed E-state index contributed by atoms with van der Waals surface area (Å²) in [5, 5.41) is 7.42. The molecule has 0 aromatic carbocycles. The van der Waals surface area contributed by atoms with Crippen LogP contribution >= 0.6 is 0 Å². The number of Topliss-reactive ketones (excluding diaryl/α,β-unsaturated/α-hetero) is 1. The van der Waals surface area contributed by atoms with Gasteiger partial charge in [-0.25, -0.2) is 4.79 Å². The molecule has 1 heterocycles. The van der Waals surface area contributed by atoms with E-state index < -0.39 is 29.9 Å². The molecular formula is C12H15N3O4. The lowest BCUT2D eigenvalue weighted by atomic mass is 9.78. The molecule has 7 heteroatoms. The molecule has 1 aliphatic heterocycles. The van der Waals surface area contributed by atoms with Gasteiger partial charge in [-0.3, -0.25) is 19.7 Å². The van der Waals surface area contributed by atoms with Gasteiger partial charge in [-0.15, -0.1) is 0 Å². The Bertz CT molecular complexity index is 497. The Kier molecular flexibility index (Phi) is 3.37. The Morgan fingerprint density at radius 2 is 2.00 bits per heavy atom. The van der Waals surface area contributed by atoms with E-state index in [4.69, 9.17) is 0 Å². The smallest absolute Gasteiger partial charge is 0.321 e. The maximum Gasteiger partial charge on any atom is 0.321 e. The first-order chi connectivity index (χ1) is 8.88. The molecule has 3 unspecified atom stereocenters. The van der Waals surface area contributed by atoms with Gasteiger partial charge in [0.15, 0.2) is 5.78 Å². The highest BCUT2D eigenvalue weighted by molar-refractivity contribution is 6.01. The summed E-state index contributed by atoms with van der Waals surface area (Å²) in [5.74, 6) is -1.44. The van der Waals surface area contributed by atoms with E-state index in [9.17, 15) is 19.2 Å². The Labute approximate surface area is 109 Å². The minimum Gasteiger partial charge on any atom is -0.352 e. The van der Waals surface area contributed by atoms with Gasteiger partial charge >= 0.3 is 6.03 Å². The van der Waals surface area contributed by atoms with Crippen molar-refractivity contribution in [2.75, 3.05) is 0 Å². The monoisotopic (exact) mass is 265 g/mol. The van der Waals surface area contributed by atoms with E-state index in [1.54, 1.807) is 6.08 Å². The lowest BCUT2D eigenvalue weighted by Gasteiger charge is -2.38. The lowest BCUT2D eigenvalue weighted by molar-refractivity contribution is -0.128. The van der Waals surface area contributed by atoms with E-state index in [1.807, 2.05) is 0 Å². The minimum absolute atomic E-state index is 0.131. The zero-order chi connectivity index (χ0) is 14.2. The fourth-order valence-electron chi connectivity index (χ4n) is 2.53. The lowest BCUT2D eigenvalue weighted by Crippen LogP contribution is -2.64. The van der Waals surface area contributed by atoms with Crippen LogP contribution in [0.4, 0.5) is 4.79 Å². The third kappa shape index (κ3) is 2.64. The first kappa shape index (κ1) is 13.3. The van der Waals surface area contributed by atoms with Crippen molar-refractivity contribution in [1.29, 1.82) is 0 Å². The van der Waals surface area contributed by atoms with Crippen molar-refractivity contribution in [3.63, 3.8) is 0 Å². The third-order valence-corrected chi connectivity index (χ3v) is 3.32. The molecule has 1 saturated heterocycles. The minimum atomic E-state index is -0.593. The van der Waals surface area contributed by atoms with Crippen LogP contribution in [-0.2, 0) is 14.4 Å². The van der Waals surface area contributed by atoms with Crippen LogP contribution in [0.15, 0.2) is 11.6 Å². The number of hydrogen-bond donors (Lipinski definition) is 3. The van der Waals surface area contributed by atoms with Crippen molar-refractivity contribution in [2.24, 2.45) is 5.92 Å². The number of carbonyl (C=O) groups is 4. The van der Waals surface area contributed by atoms with Crippen molar-refractivity contribution in [1.82, 2.24) is 16.0 Å². The number of rotatable bonds is 2. The first-order valence-electron chi connectivity index (χ1n) is 5.98. The number of ketones is 1.